The lowest BCUT2D eigenvalue weighted by Crippen LogP contribution is -2.49. The highest BCUT2D eigenvalue weighted by atomic mass is 16.3. The smallest absolute Gasteiger partial charge is 0.0705 e. The van der Waals surface area contributed by atoms with E-state index < -0.39 is 5.60 Å². The van der Waals surface area contributed by atoms with E-state index in [1.54, 1.807) is 0 Å². The molecule has 1 saturated carbocycles. The Morgan fingerprint density at radius 1 is 1.58 bits per heavy atom. The summed E-state index contributed by atoms with van der Waals surface area (Å²) in [6.45, 7) is 2.00. The first-order chi connectivity index (χ1) is 5.49. The van der Waals surface area contributed by atoms with Gasteiger partial charge >= 0.3 is 0 Å². The Hall–Kier alpha value is -0.340. The Bertz CT molecular complexity index is 232. The van der Waals surface area contributed by atoms with Crippen molar-refractivity contribution in [1.82, 2.24) is 0 Å². The highest BCUT2D eigenvalue weighted by molar-refractivity contribution is 5.23. The first kappa shape index (κ1) is 8.27. The highest BCUT2D eigenvalue weighted by Gasteiger charge is 2.40. The average molecular weight is 167 g/mol. The molecule has 0 aromatic rings. The molecule has 2 unspecified atom stereocenters. The van der Waals surface area contributed by atoms with E-state index in [1.807, 2.05) is 6.92 Å². The van der Waals surface area contributed by atoms with E-state index in [4.69, 9.17) is 5.73 Å². The maximum atomic E-state index is 10.1. The SMILES string of the molecule is CC1(N)C=C2CCCC(O)(C2)C1. The Kier molecular flexibility index (Phi) is 1.61. The van der Waals surface area contributed by atoms with E-state index >= 15 is 0 Å². The van der Waals surface area contributed by atoms with Crippen LogP contribution in [0, 0.1) is 0 Å². The number of nitrogens with two attached hydrogens (primary N) is 1. The summed E-state index contributed by atoms with van der Waals surface area (Å²) in [5.41, 5.74) is 6.62. The summed E-state index contributed by atoms with van der Waals surface area (Å²) in [5.74, 6) is 0. The molecule has 2 aliphatic rings. The molecule has 2 aliphatic carbocycles. The lowest BCUT2D eigenvalue weighted by atomic mass is 9.69. The van der Waals surface area contributed by atoms with Gasteiger partial charge in [0, 0.05) is 5.54 Å². The molecule has 2 heteroatoms. The van der Waals surface area contributed by atoms with Gasteiger partial charge in [0.05, 0.1) is 5.60 Å². The molecule has 2 atom stereocenters. The van der Waals surface area contributed by atoms with Crippen molar-refractivity contribution in [2.24, 2.45) is 5.73 Å². The Labute approximate surface area is 73.5 Å². The van der Waals surface area contributed by atoms with Crippen LogP contribution in [-0.2, 0) is 0 Å². The molecule has 68 valence electrons. The van der Waals surface area contributed by atoms with Gasteiger partial charge < -0.3 is 10.8 Å². The van der Waals surface area contributed by atoms with Crippen molar-refractivity contribution in [2.45, 2.75) is 50.2 Å². The molecular formula is C10H17NO. The molecule has 0 spiro atoms. The summed E-state index contributed by atoms with van der Waals surface area (Å²) in [5, 5.41) is 10.1. The van der Waals surface area contributed by atoms with Gasteiger partial charge in [0.1, 0.15) is 0 Å². The van der Waals surface area contributed by atoms with Gasteiger partial charge in [-0.3, -0.25) is 0 Å². The zero-order valence-electron chi connectivity index (χ0n) is 7.64. The lowest BCUT2D eigenvalue weighted by Gasteiger charge is -2.43. The molecule has 0 aliphatic heterocycles. The quantitative estimate of drug-likeness (QED) is 0.535. The molecule has 0 amide bonds. The van der Waals surface area contributed by atoms with E-state index in [9.17, 15) is 5.11 Å². The normalized spacial score (nSPS) is 47.1. The van der Waals surface area contributed by atoms with E-state index in [1.165, 1.54) is 5.57 Å². The standard InChI is InChI=1S/C10H17NO/c1-9(11)5-8-3-2-4-10(12,6-8)7-9/h5,12H,2-4,6-7,11H2,1H3. The van der Waals surface area contributed by atoms with Gasteiger partial charge in [-0.15, -0.1) is 0 Å². The molecule has 3 N–H and O–H groups in total. The van der Waals surface area contributed by atoms with E-state index in [0.29, 0.717) is 0 Å². The van der Waals surface area contributed by atoms with Crippen molar-refractivity contribution in [1.29, 1.82) is 0 Å². The van der Waals surface area contributed by atoms with Crippen LogP contribution in [0.2, 0.25) is 0 Å². The van der Waals surface area contributed by atoms with Crippen LogP contribution in [0.3, 0.4) is 0 Å². The van der Waals surface area contributed by atoms with Crippen LogP contribution in [0.5, 0.6) is 0 Å². The summed E-state index contributed by atoms with van der Waals surface area (Å²) in [7, 11) is 0. The fourth-order valence-electron chi connectivity index (χ4n) is 2.74. The second-order valence-corrected chi connectivity index (χ2v) is 4.74. The van der Waals surface area contributed by atoms with Crippen molar-refractivity contribution in [2.75, 3.05) is 0 Å². The topological polar surface area (TPSA) is 46.2 Å². The fraction of sp³-hybridized carbons (Fsp3) is 0.800. The molecule has 0 saturated heterocycles. The van der Waals surface area contributed by atoms with Crippen molar-refractivity contribution < 1.29 is 5.11 Å². The van der Waals surface area contributed by atoms with Crippen LogP contribution in [0.25, 0.3) is 0 Å². The van der Waals surface area contributed by atoms with Crippen molar-refractivity contribution >= 4 is 0 Å². The van der Waals surface area contributed by atoms with Crippen LogP contribution < -0.4 is 5.73 Å². The number of hydrogen-bond acceptors (Lipinski definition) is 2. The zero-order chi connectivity index (χ0) is 8.82. The average Bonchev–Trinajstić information content (AvgIpc) is 1.79. The predicted octanol–water partition coefficient (Wildman–Crippen LogP) is 1.34. The molecule has 0 heterocycles. The lowest BCUT2D eigenvalue weighted by molar-refractivity contribution is -0.00827. The van der Waals surface area contributed by atoms with Gasteiger partial charge in [0.15, 0.2) is 0 Å². The van der Waals surface area contributed by atoms with Crippen molar-refractivity contribution in [3.05, 3.63) is 11.6 Å². The van der Waals surface area contributed by atoms with Crippen LogP contribution in [-0.4, -0.2) is 16.2 Å². The van der Waals surface area contributed by atoms with Crippen LogP contribution in [0.15, 0.2) is 11.6 Å². The maximum absolute atomic E-state index is 10.1. The van der Waals surface area contributed by atoms with Gasteiger partial charge in [-0.25, -0.2) is 0 Å². The third-order valence-electron chi connectivity index (χ3n) is 2.94. The zero-order valence-corrected chi connectivity index (χ0v) is 7.64. The molecule has 2 bridgehead atoms. The summed E-state index contributed by atoms with van der Waals surface area (Å²) in [4.78, 5) is 0. The molecule has 0 aromatic heterocycles. The minimum Gasteiger partial charge on any atom is -0.389 e. The molecule has 2 nitrogen and oxygen atoms in total. The maximum Gasteiger partial charge on any atom is 0.0705 e. The largest absolute Gasteiger partial charge is 0.389 e. The molecule has 12 heavy (non-hydrogen) atoms. The van der Waals surface area contributed by atoms with Gasteiger partial charge in [0.25, 0.3) is 0 Å². The second kappa shape index (κ2) is 2.33. The fourth-order valence-corrected chi connectivity index (χ4v) is 2.74. The van der Waals surface area contributed by atoms with Crippen molar-refractivity contribution in [3.63, 3.8) is 0 Å². The van der Waals surface area contributed by atoms with Crippen LogP contribution >= 0.6 is 0 Å². The first-order valence-corrected chi connectivity index (χ1v) is 4.71. The number of hydrogen-bond donors (Lipinski definition) is 2. The Morgan fingerprint density at radius 2 is 2.33 bits per heavy atom. The van der Waals surface area contributed by atoms with Gasteiger partial charge in [0.2, 0.25) is 0 Å². The van der Waals surface area contributed by atoms with E-state index in [-0.39, 0.29) is 5.54 Å². The minimum absolute atomic E-state index is 0.275. The summed E-state index contributed by atoms with van der Waals surface area (Å²) in [6.07, 6.45) is 6.93. The monoisotopic (exact) mass is 167 g/mol. The Balaban J connectivity index is 2.31. The molecule has 0 radical (unpaired) electrons. The minimum atomic E-state index is -0.480. The number of aliphatic hydroxyl groups is 1. The van der Waals surface area contributed by atoms with Crippen LogP contribution in [0.4, 0.5) is 0 Å². The first-order valence-electron chi connectivity index (χ1n) is 4.71. The molecule has 2 rings (SSSR count). The van der Waals surface area contributed by atoms with Crippen molar-refractivity contribution in [3.8, 4) is 0 Å². The third kappa shape index (κ3) is 1.41. The molecule has 1 fully saturated rings. The molecule has 0 aromatic carbocycles. The van der Waals surface area contributed by atoms with Gasteiger partial charge in [-0.1, -0.05) is 11.6 Å². The van der Waals surface area contributed by atoms with E-state index in [0.717, 1.165) is 32.1 Å². The predicted molar refractivity (Wildman–Crippen MR) is 48.7 cm³/mol. The number of fused-ring (bicyclic) bond motifs is 2. The van der Waals surface area contributed by atoms with Gasteiger partial charge in [-0.05, 0) is 39.0 Å². The number of rotatable bonds is 0. The Morgan fingerprint density at radius 3 is 3.00 bits per heavy atom. The van der Waals surface area contributed by atoms with E-state index in [2.05, 4.69) is 6.08 Å². The summed E-state index contributed by atoms with van der Waals surface area (Å²) in [6, 6.07) is 0. The third-order valence-corrected chi connectivity index (χ3v) is 2.94. The van der Waals surface area contributed by atoms with Crippen LogP contribution in [0.1, 0.15) is 39.0 Å². The summed E-state index contributed by atoms with van der Waals surface area (Å²) >= 11 is 0. The second-order valence-electron chi connectivity index (χ2n) is 4.74. The summed E-state index contributed by atoms with van der Waals surface area (Å²) < 4.78 is 0. The van der Waals surface area contributed by atoms with Gasteiger partial charge in [-0.2, -0.15) is 0 Å². The molecular weight excluding hydrogens is 150 g/mol. The highest BCUT2D eigenvalue weighted by Crippen LogP contribution is 2.41.